The molecule has 0 bridgehead atoms. The van der Waals surface area contributed by atoms with E-state index >= 15 is 0 Å². The SMILES string of the molecule is COc1ccc(C)cc1C(N)C(C)OC. The number of rotatable bonds is 4. The molecule has 0 saturated carbocycles. The molecule has 0 aliphatic heterocycles. The van der Waals surface area contributed by atoms with Gasteiger partial charge in [0.05, 0.1) is 19.3 Å². The molecule has 15 heavy (non-hydrogen) atoms. The molecule has 2 atom stereocenters. The first-order chi connectivity index (χ1) is 7.10. The molecule has 2 N–H and O–H groups in total. The molecule has 1 rings (SSSR count). The zero-order chi connectivity index (χ0) is 11.4. The Balaban J connectivity index is 3.05. The van der Waals surface area contributed by atoms with Gasteiger partial charge in [-0.25, -0.2) is 0 Å². The van der Waals surface area contributed by atoms with Crippen LogP contribution in [0.3, 0.4) is 0 Å². The number of ether oxygens (including phenoxy) is 2. The van der Waals surface area contributed by atoms with E-state index < -0.39 is 0 Å². The molecule has 0 fully saturated rings. The van der Waals surface area contributed by atoms with Crippen molar-refractivity contribution < 1.29 is 9.47 Å². The standard InChI is InChI=1S/C12H19NO2/c1-8-5-6-11(15-4)10(7-8)12(13)9(2)14-3/h5-7,9,12H,13H2,1-4H3. The van der Waals surface area contributed by atoms with E-state index in [0.717, 1.165) is 11.3 Å². The van der Waals surface area contributed by atoms with E-state index in [4.69, 9.17) is 15.2 Å². The summed E-state index contributed by atoms with van der Waals surface area (Å²) in [5.41, 5.74) is 8.25. The smallest absolute Gasteiger partial charge is 0.123 e. The van der Waals surface area contributed by atoms with Crippen molar-refractivity contribution in [2.24, 2.45) is 5.73 Å². The second-order valence-electron chi connectivity index (χ2n) is 3.71. The van der Waals surface area contributed by atoms with Crippen LogP contribution in [0.15, 0.2) is 18.2 Å². The normalized spacial score (nSPS) is 14.7. The van der Waals surface area contributed by atoms with E-state index in [1.807, 2.05) is 32.0 Å². The fraction of sp³-hybridized carbons (Fsp3) is 0.500. The molecule has 0 spiro atoms. The van der Waals surface area contributed by atoms with Crippen LogP contribution in [0.2, 0.25) is 0 Å². The molecule has 84 valence electrons. The highest BCUT2D eigenvalue weighted by molar-refractivity contribution is 5.39. The molecule has 0 aromatic heterocycles. The zero-order valence-electron chi connectivity index (χ0n) is 9.78. The average molecular weight is 209 g/mol. The van der Waals surface area contributed by atoms with Gasteiger partial charge >= 0.3 is 0 Å². The molecule has 0 heterocycles. The second-order valence-corrected chi connectivity index (χ2v) is 3.71. The van der Waals surface area contributed by atoms with Crippen molar-refractivity contribution in [3.05, 3.63) is 29.3 Å². The van der Waals surface area contributed by atoms with E-state index in [-0.39, 0.29) is 12.1 Å². The summed E-state index contributed by atoms with van der Waals surface area (Å²) in [5.74, 6) is 0.817. The third kappa shape index (κ3) is 2.70. The maximum atomic E-state index is 6.09. The van der Waals surface area contributed by atoms with Crippen molar-refractivity contribution in [2.45, 2.75) is 26.0 Å². The first-order valence-corrected chi connectivity index (χ1v) is 5.03. The number of aryl methyl sites for hydroxylation is 1. The van der Waals surface area contributed by atoms with E-state index in [1.54, 1.807) is 14.2 Å². The Kier molecular flexibility index (Phi) is 4.12. The molecule has 3 heteroatoms. The minimum absolute atomic E-state index is 0.0271. The van der Waals surface area contributed by atoms with Gasteiger partial charge < -0.3 is 15.2 Å². The van der Waals surface area contributed by atoms with Crippen molar-refractivity contribution in [1.29, 1.82) is 0 Å². The van der Waals surface area contributed by atoms with Gasteiger partial charge in [-0.2, -0.15) is 0 Å². The summed E-state index contributed by atoms with van der Waals surface area (Å²) in [6.45, 7) is 3.99. The van der Waals surface area contributed by atoms with E-state index in [1.165, 1.54) is 5.56 Å². The van der Waals surface area contributed by atoms with Crippen LogP contribution in [0.4, 0.5) is 0 Å². The first kappa shape index (κ1) is 12.0. The molecular formula is C12H19NO2. The minimum atomic E-state index is -0.162. The lowest BCUT2D eigenvalue weighted by Gasteiger charge is -2.21. The topological polar surface area (TPSA) is 44.5 Å². The third-order valence-corrected chi connectivity index (χ3v) is 2.62. The Morgan fingerprint density at radius 3 is 2.47 bits per heavy atom. The summed E-state index contributed by atoms with van der Waals surface area (Å²) in [6, 6.07) is 5.82. The van der Waals surface area contributed by atoms with E-state index in [2.05, 4.69) is 0 Å². The van der Waals surface area contributed by atoms with Crippen molar-refractivity contribution >= 4 is 0 Å². The lowest BCUT2D eigenvalue weighted by Crippen LogP contribution is -2.25. The second kappa shape index (κ2) is 5.14. The number of hydrogen-bond donors (Lipinski definition) is 1. The lowest BCUT2D eigenvalue weighted by molar-refractivity contribution is 0.0948. The lowest BCUT2D eigenvalue weighted by atomic mass is 10.00. The first-order valence-electron chi connectivity index (χ1n) is 5.03. The molecule has 0 amide bonds. The predicted molar refractivity (Wildman–Crippen MR) is 61.1 cm³/mol. The number of methoxy groups -OCH3 is 2. The Labute approximate surface area is 91.2 Å². The quantitative estimate of drug-likeness (QED) is 0.825. The van der Waals surface area contributed by atoms with Gasteiger partial charge in [-0.1, -0.05) is 17.7 Å². The Hall–Kier alpha value is -1.06. The Morgan fingerprint density at radius 1 is 1.27 bits per heavy atom. The molecule has 1 aromatic carbocycles. The van der Waals surface area contributed by atoms with Gasteiger partial charge in [0, 0.05) is 12.7 Å². The third-order valence-electron chi connectivity index (χ3n) is 2.62. The summed E-state index contributed by atoms with van der Waals surface area (Å²) in [5, 5.41) is 0. The summed E-state index contributed by atoms with van der Waals surface area (Å²) >= 11 is 0. The fourth-order valence-corrected chi connectivity index (χ4v) is 1.51. The van der Waals surface area contributed by atoms with Gasteiger partial charge in [-0.05, 0) is 19.9 Å². The van der Waals surface area contributed by atoms with Gasteiger partial charge in [-0.3, -0.25) is 0 Å². The largest absolute Gasteiger partial charge is 0.496 e. The van der Waals surface area contributed by atoms with Gasteiger partial charge in [0.1, 0.15) is 5.75 Å². The zero-order valence-corrected chi connectivity index (χ0v) is 9.78. The Bertz CT molecular complexity index is 325. The highest BCUT2D eigenvalue weighted by Gasteiger charge is 2.18. The minimum Gasteiger partial charge on any atom is -0.496 e. The summed E-state index contributed by atoms with van der Waals surface area (Å²) in [6.07, 6.45) is -0.0271. The van der Waals surface area contributed by atoms with Crippen LogP contribution in [0.1, 0.15) is 24.1 Å². The highest BCUT2D eigenvalue weighted by Crippen LogP contribution is 2.27. The summed E-state index contributed by atoms with van der Waals surface area (Å²) in [7, 11) is 3.31. The van der Waals surface area contributed by atoms with Crippen molar-refractivity contribution in [3.8, 4) is 5.75 Å². The predicted octanol–water partition coefficient (Wildman–Crippen LogP) is 2.04. The van der Waals surface area contributed by atoms with Gasteiger partial charge in [-0.15, -0.1) is 0 Å². The fourth-order valence-electron chi connectivity index (χ4n) is 1.51. The number of nitrogens with two attached hydrogens (primary N) is 1. The van der Waals surface area contributed by atoms with Crippen LogP contribution < -0.4 is 10.5 Å². The number of benzene rings is 1. The average Bonchev–Trinajstić information content (AvgIpc) is 2.27. The van der Waals surface area contributed by atoms with Crippen LogP contribution in [-0.4, -0.2) is 20.3 Å². The number of hydrogen-bond acceptors (Lipinski definition) is 3. The molecule has 0 radical (unpaired) electrons. The molecule has 3 nitrogen and oxygen atoms in total. The molecule has 2 unspecified atom stereocenters. The van der Waals surface area contributed by atoms with Crippen molar-refractivity contribution in [1.82, 2.24) is 0 Å². The maximum Gasteiger partial charge on any atom is 0.123 e. The van der Waals surface area contributed by atoms with Crippen LogP contribution in [0, 0.1) is 6.92 Å². The van der Waals surface area contributed by atoms with Crippen LogP contribution in [0.5, 0.6) is 5.75 Å². The van der Waals surface area contributed by atoms with E-state index in [0.29, 0.717) is 0 Å². The summed E-state index contributed by atoms with van der Waals surface area (Å²) < 4.78 is 10.5. The van der Waals surface area contributed by atoms with E-state index in [9.17, 15) is 0 Å². The maximum absolute atomic E-state index is 6.09. The Morgan fingerprint density at radius 2 is 1.93 bits per heavy atom. The molecule has 1 aromatic rings. The molecule has 0 saturated heterocycles. The van der Waals surface area contributed by atoms with Gasteiger partial charge in [0.15, 0.2) is 0 Å². The summed E-state index contributed by atoms with van der Waals surface area (Å²) in [4.78, 5) is 0. The van der Waals surface area contributed by atoms with Crippen LogP contribution >= 0.6 is 0 Å². The molecular weight excluding hydrogens is 190 g/mol. The van der Waals surface area contributed by atoms with Gasteiger partial charge in [0.2, 0.25) is 0 Å². The molecule has 0 aliphatic rings. The van der Waals surface area contributed by atoms with Gasteiger partial charge in [0.25, 0.3) is 0 Å². The molecule has 0 aliphatic carbocycles. The van der Waals surface area contributed by atoms with Crippen LogP contribution in [-0.2, 0) is 4.74 Å². The van der Waals surface area contributed by atoms with Crippen molar-refractivity contribution in [2.75, 3.05) is 14.2 Å². The van der Waals surface area contributed by atoms with Crippen molar-refractivity contribution in [3.63, 3.8) is 0 Å². The highest BCUT2D eigenvalue weighted by atomic mass is 16.5. The monoisotopic (exact) mass is 209 g/mol. The van der Waals surface area contributed by atoms with Crippen LogP contribution in [0.25, 0.3) is 0 Å².